The van der Waals surface area contributed by atoms with E-state index in [2.05, 4.69) is 10.3 Å². The van der Waals surface area contributed by atoms with Gasteiger partial charge in [0.15, 0.2) is 0 Å². The molecule has 4 nitrogen and oxygen atoms in total. The maximum absolute atomic E-state index is 14.1. The van der Waals surface area contributed by atoms with E-state index in [1.165, 1.54) is 36.8 Å². The first-order valence-electron chi connectivity index (χ1n) is 7.56. The Morgan fingerprint density at radius 1 is 1.19 bits per heavy atom. The molecular weight excluding hydrogens is 384 g/mol. The van der Waals surface area contributed by atoms with Crippen molar-refractivity contribution in [3.05, 3.63) is 64.9 Å². The molecule has 3 aromatic rings. The SMILES string of the molecule is COc1ccc(-c2nc(C(=O)Nc3cccc(C(F)(F)F)c3)cs2)c(F)c1. The minimum atomic E-state index is -4.51. The molecule has 0 aliphatic carbocycles. The first kappa shape index (κ1) is 18.8. The summed E-state index contributed by atoms with van der Waals surface area (Å²) >= 11 is 1.04. The minimum absolute atomic E-state index is 0.0139. The first-order valence-corrected chi connectivity index (χ1v) is 8.44. The zero-order chi connectivity index (χ0) is 19.6. The molecule has 0 saturated carbocycles. The van der Waals surface area contributed by atoms with Gasteiger partial charge in [-0.25, -0.2) is 9.37 Å². The topological polar surface area (TPSA) is 51.2 Å². The smallest absolute Gasteiger partial charge is 0.416 e. The second-order valence-electron chi connectivity index (χ2n) is 5.42. The van der Waals surface area contributed by atoms with Crippen molar-refractivity contribution in [3.8, 4) is 16.3 Å². The number of hydrogen-bond donors (Lipinski definition) is 1. The average molecular weight is 396 g/mol. The van der Waals surface area contributed by atoms with E-state index in [1.807, 2.05) is 0 Å². The quantitative estimate of drug-likeness (QED) is 0.615. The number of rotatable bonds is 4. The van der Waals surface area contributed by atoms with Gasteiger partial charge < -0.3 is 10.1 Å². The first-order chi connectivity index (χ1) is 12.8. The van der Waals surface area contributed by atoms with Gasteiger partial charge in [0.1, 0.15) is 22.3 Å². The van der Waals surface area contributed by atoms with Crippen LogP contribution >= 0.6 is 11.3 Å². The minimum Gasteiger partial charge on any atom is -0.497 e. The van der Waals surface area contributed by atoms with E-state index in [0.717, 1.165) is 23.5 Å². The highest BCUT2D eigenvalue weighted by Gasteiger charge is 2.30. The standard InChI is InChI=1S/C18H12F4N2O2S/c1-26-12-5-6-13(14(19)8-12)17-24-15(9-27-17)16(25)23-11-4-2-3-10(7-11)18(20,21)22/h2-9H,1H3,(H,23,25). The summed E-state index contributed by atoms with van der Waals surface area (Å²) in [5.41, 5.74) is -0.721. The van der Waals surface area contributed by atoms with E-state index in [-0.39, 0.29) is 22.0 Å². The fraction of sp³-hybridized carbons (Fsp3) is 0.111. The van der Waals surface area contributed by atoms with E-state index in [1.54, 1.807) is 6.07 Å². The van der Waals surface area contributed by atoms with Crippen molar-refractivity contribution < 1.29 is 27.1 Å². The summed E-state index contributed by atoms with van der Waals surface area (Å²) in [6.07, 6.45) is -4.51. The van der Waals surface area contributed by atoms with Gasteiger partial charge in [0.05, 0.1) is 12.7 Å². The van der Waals surface area contributed by atoms with Crippen molar-refractivity contribution in [2.45, 2.75) is 6.18 Å². The number of amides is 1. The number of nitrogens with zero attached hydrogens (tertiary/aromatic N) is 1. The van der Waals surface area contributed by atoms with E-state index in [0.29, 0.717) is 5.75 Å². The number of nitrogens with one attached hydrogen (secondary N) is 1. The Labute approximate surface area is 155 Å². The lowest BCUT2D eigenvalue weighted by Crippen LogP contribution is -2.13. The number of carbonyl (C=O) groups excluding carboxylic acids is 1. The third kappa shape index (κ3) is 4.25. The van der Waals surface area contributed by atoms with E-state index >= 15 is 0 Å². The number of benzene rings is 2. The number of alkyl halides is 3. The van der Waals surface area contributed by atoms with Gasteiger partial charge in [-0.2, -0.15) is 13.2 Å². The van der Waals surface area contributed by atoms with Crippen molar-refractivity contribution in [2.24, 2.45) is 0 Å². The number of ether oxygens (including phenoxy) is 1. The van der Waals surface area contributed by atoms with E-state index < -0.39 is 23.5 Å². The Bertz CT molecular complexity index is 985. The molecule has 1 heterocycles. The van der Waals surface area contributed by atoms with Crippen LogP contribution in [0.15, 0.2) is 47.8 Å². The van der Waals surface area contributed by atoms with Crippen molar-refractivity contribution in [1.29, 1.82) is 0 Å². The summed E-state index contributed by atoms with van der Waals surface area (Å²) in [6, 6.07) is 8.49. The zero-order valence-corrected chi connectivity index (χ0v) is 14.6. The molecule has 1 N–H and O–H groups in total. The Morgan fingerprint density at radius 3 is 2.63 bits per heavy atom. The fourth-order valence-corrected chi connectivity index (χ4v) is 3.09. The Kier molecular flexibility index (Phi) is 5.13. The maximum Gasteiger partial charge on any atom is 0.416 e. The third-order valence-electron chi connectivity index (χ3n) is 3.59. The molecule has 1 amide bonds. The number of methoxy groups -OCH3 is 1. The molecule has 0 saturated heterocycles. The Morgan fingerprint density at radius 2 is 1.96 bits per heavy atom. The van der Waals surface area contributed by atoms with Crippen molar-refractivity contribution in [2.75, 3.05) is 12.4 Å². The van der Waals surface area contributed by atoms with Gasteiger partial charge in [-0.05, 0) is 30.3 Å². The van der Waals surface area contributed by atoms with Crippen molar-refractivity contribution >= 4 is 22.9 Å². The van der Waals surface area contributed by atoms with Gasteiger partial charge in [-0.15, -0.1) is 11.3 Å². The molecule has 0 spiro atoms. The lowest BCUT2D eigenvalue weighted by Gasteiger charge is -2.09. The van der Waals surface area contributed by atoms with Gasteiger partial charge in [0, 0.05) is 22.7 Å². The Balaban J connectivity index is 1.80. The van der Waals surface area contributed by atoms with Crippen LogP contribution in [0.5, 0.6) is 5.75 Å². The van der Waals surface area contributed by atoms with Gasteiger partial charge in [-0.3, -0.25) is 4.79 Å². The number of aromatic nitrogens is 1. The Hall–Kier alpha value is -2.94. The predicted octanol–water partition coefficient (Wildman–Crippen LogP) is 5.23. The summed E-state index contributed by atoms with van der Waals surface area (Å²) < 4.78 is 57.3. The van der Waals surface area contributed by atoms with Gasteiger partial charge in [0.2, 0.25) is 0 Å². The molecule has 27 heavy (non-hydrogen) atoms. The number of halogens is 4. The fourth-order valence-electron chi connectivity index (χ4n) is 2.27. The van der Waals surface area contributed by atoms with Crippen LogP contribution in [-0.4, -0.2) is 18.0 Å². The highest BCUT2D eigenvalue weighted by Crippen LogP contribution is 2.31. The second kappa shape index (κ2) is 7.36. The average Bonchev–Trinajstić information content (AvgIpc) is 3.11. The highest BCUT2D eigenvalue weighted by atomic mass is 32.1. The van der Waals surface area contributed by atoms with Crippen LogP contribution in [0.25, 0.3) is 10.6 Å². The molecule has 0 unspecified atom stereocenters. The van der Waals surface area contributed by atoms with Crippen LogP contribution in [0.3, 0.4) is 0 Å². The summed E-state index contributed by atoms with van der Waals surface area (Å²) in [6.45, 7) is 0. The lowest BCUT2D eigenvalue weighted by molar-refractivity contribution is -0.137. The van der Waals surface area contributed by atoms with Crippen LogP contribution in [0.1, 0.15) is 16.1 Å². The van der Waals surface area contributed by atoms with Gasteiger partial charge >= 0.3 is 6.18 Å². The van der Waals surface area contributed by atoms with Crippen LogP contribution in [0.2, 0.25) is 0 Å². The third-order valence-corrected chi connectivity index (χ3v) is 4.47. The molecular formula is C18H12F4N2O2S. The second-order valence-corrected chi connectivity index (χ2v) is 6.27. The molecule has 2 aromatic carbocycles. The molecule has 0 aliphatic heterocycles. The van der Waals surface area contributed by atoms with Crippen molar-refractivity contribution in [3.63, 3.8) is 0 Å². The summed E-state index contributed by atoms with van der Waals surface area (Å²) in [5.74, 6) is -0.908. The highest BCUT2D eigenvalue weighted by molar-refractivity contribution is 7.13. The van der Waals surface area contributed by atoms with Crippen LogP contribution in [0, 0.1) is 5.82 Å². The van der Waals surface area contributed by atoms with Crippen LogP contribution in [-0.2, 0) is 6.18 Å². The number of anilines is 1. The lowest BCUT2D eigenvalue weighted by atomic mass is 10.2. The number of carbonyl (C=O) groups is 1. The zero-order valence-electron chi connectivity index (χ0n) is 13.8. The summed E-state index contributed by atoms with van der Waals surface area (Å²) in [5, 5.41) is 4.03. The molecule has 0 aliphatic rings. The summed E-state index contributed by atoms with van der Waals surface area (Å²) in [4.78, 5) is 16.3. The summed E-state index contributed by atoms with van der Waals surface area (Å²) in [7, 11) is 1.41. The number of thiazole rings is 1. The normalized spacial score (nSPS) is 11.3. The van der Waals surface area contributed by atoms with Gasteiger partial charge in [0.25, 0.3) is 5.91 Å². The van der Waals surface area contributed by atoms with E-state index in [4.69, 9.17) is 4.74 Å². The van der Waals surface area contributed by atoms with Gasteiger partial charge in [-0.1, -0.05) is 6.07 Å². The maximum atomic E-state index is 14.1. The van der Waals surface area contributed by atoms with Crippen LogP contribution < -0.4 is 10.1 Å². The van der Waals surface area contributed by atoms with E-state index in [9.17, 15) is 22.4 Å². The number of hydrogen-bond acceptors (Lipinski definition) is 4. The molecule has 0 bridgehead atoms. The largest absolute Gasteiger partial charge is 0.497 e. The molecule has 9 heteroatoms. The van der Waals surface area contributed by atoms with Crippen LogP contribution in [0.4, 0.5) is 23.2 Å². The molecule has 3 rings (SSSR count). The predicted molar refractivity (Wildman–Crippen MR) is 93.5 cm³/mol. The van der Waals surface area contributed by atoms with Crippen molar-refractivity contribution in [1.82, 2.24) is 4.98 Å². The molecule has 140 valence electrons. The molecule has 0 atom stereocenters. The molecule has 0 radical (unpaired) electrons. The molecule has 1 aromatic heterocycles. The monoisotopic (exact) mass is 396 g/mol. The molecule has 0 fully saturated rings.